The van der Waals surface area contributed by atoms with Gasteiger partial charge in [0, 0.05) is 19.8 Å². The van der Waals surface area contributed by atoms with Gasteiger partial charge in [0.2, 0.25) is 0 Å². The van der Waals surface area contributed by atoms with Crippen molar-refractivity contribution in [3.8, 4) is 0 Å². The van der Waals surface area contributed by atoms with E-state index in [0.717, 1.165) is 31.0 Å². The van der Waals surface area contributed by atoms with Gasteiger partial charge in [-0.15, -0.1) is 0 Å². The molecule has 3 atom stereocenters. The van der Waals surface area contributed by atoms with Crippen molar-refractivity contribution in [3.63, 3.8) is 0 Å². The van der Waals surface area contributed by atoms with Crippen molar-refractivity contribution in [2.45, 2.75) is 45.6 Å². The highest BCUT2D eigenvalue weighted by atomic mass is 16.5. The monoisotopic (exact) mass is 199 g/mol. The summed E-state index contributed by atoms with van der Waals surface area (Å²) in [6.07, 6.45) is 5.19. The molecule has 1 aliphatic rings. The molecule has 0 aromatic carbocycles. The molecule has 2 nitrogen and oxygen atoms in total. The van der Waals surface area contributed by atoms with Gasteiger partial charge >= 0.3 is 0 Å². The van der Waals surface area contributed by atoms with Gasteiger partial charge in [0.05, 0.1) is 0 Å². The SMILES string of the molecule is COCCCCNC1CCC(C)C1C. The summed E-state index contributed by atoms with van der Waals surface area (Å²) >= 11 is 0. The van der Waals surface area contributed by atoms with Crippen LogP contribution in [0.15, 0.2) is 0 Å². The first-order valence-corrected chi connectivity index (χ1v) is 5.98. The summed E-state index contributed by atoms with van der Waals surface area (Å²) in [5.41, 5.74) is 0. The highest BCUT2D eigenvalue weighted by molar-refractivity contribution is 4.84. The third kappa shape index (κ3) is 3.58. The molecule has 1 aliphatic carbocycles. The minimum Gasteiger partial charge on any atom is -0.385 e. The van der Waals surface area contributed by atoms with Gasteiger partial charge in [-0.05, 0) is 44.1 Å². The van der Waals surface area contributed by atoms with E-state index in [1.165, 1.54) is 25.7 Å². The molecule has 2 heteroatoms. The average Bonchev–Trinajstić information content (AvgIpc) is 2.49. The third-order valence-corrected chi connectivity index (χ3v) is 3.65. The Morgan fingerprint density at radius 3 is 2.57 bits per heavy atom. The van der Waals surface area contributed by atoms with Gasteiger partial charge in [-0.1, -0.05) is 13.8 Å². The molecule has 14 heavy (non-hydrogen) atoms. The fraction of sp³-hybridized carbons (Fsp3) is 1.00. The van der Waals surface area contributed by atoms with E-state index in [9.17, 15) is 0 Å². The first kappa shape index (κ1) is 12.0. The van der Waals surface area contributed by atoms with E-state index in [1.54, 1.807) is 7.11 Å². The summed E-state index contributed by atoms with van der Waals surface area (Å²) in [4.78, 5) is 0. The molecule has 0 aromatic rings. The number of ether oxygens (including phenoxy) is 1. The summed E-state index contributed by atoms with van der Waals surface area (Å²) in [5, 5.41) is 3.67. The molecular formula is C12H25NO. The predicted molar refractivity (Wildman–Crippen MR) is 60.5 cm³/mol. The lowest BCUT2D eigenvalue weighted by Crippen LogP contribution is -2.33. The molecule has 1 saturated carbocycles. The number of hydrogen-bond donors (Lipinski definition) is 1. The molecule has 0 radical (unpaired) electrons. The van der Waals surface area contributed by atoms with E-state index in [2.05, 4.69) is 19.2 Å². The second-order valence-electron chi connectivity index (χ2n) is 4.67. The van der Waals surface area contributed by atoms with E-state index < -0.39 is 0 Å². The van der Waals surface area contributed by atoms with Crippen molar-refractivity contribution in [3.05, 3.63) is 0 Å². The van der Waals surface area contributed by atoms with E-state index in [4.69, 9.17) is 4.74 Å². The number of methoxy groups -OCH3 is 1. The molecule has 0 aliphatic heterocycles. The van der Waals surface area contributed by atoms with Crippen molar-refractivity contribution < 1.29 is 4.74 Å². The zero-order chi connectivity index (χ0) is 10.4. The Morgan fingerprint density at radius 1 is 1.21 bits per heavy atom. The van der Waals surface area contributed by atoms with Crippen LogP contribution < -0.4 is 5.32 Å². The number of rotatable bonds is 6. The Hall–Kier alpha value is -0.0800. The first-order valence-electron chi connectivity index (χ1n) is 5.98. The zero-order valence-corrected chi connectivity index (χ0v) is 9.88. The Balaban J connectivity index is 2.01. The molecule has 1 fully saturated rings. The highest BCUT2D eigenvalue weighted by Gasteiger charge is 2.28. The second-order valence-corrected chi connectivity index (χ2v) is 4.67. The summed E-state index contributed by atoms with van der Waals surface area (Å²) < 4.78 is 5.02. The minimum atomic E-state index is 0.771. The molecule has 0 bridgehead atoms. The van der Waals surface area contributed by atoms with Crippen LogP contribution in [-0.2, 0) is 4.74 Å². The lowest BCUT2D eigenvalue weighted by molar-refractivity contribution is 0.192. The Kier molecular flexibility index (Phi) is 5.49. The van der Waals surface area contributed by atoms with Crippen LogP contribution in [0.3, 0.4) is 0 Å². The van der Waals surface area contributed by atoms with Gasteiger partial charge in [0.15, 0.2) is 0 Å². The van der Waals surface area contributed by atoms with Gasteiger partial charge in [-0.25, -0.2) is 0 Å². The van der Waals surface area contributed by atoms with Crippen LogP contribution in [0.25, 0.3) is 0 Å². The molecule has 0 saturated heterocycles. The molecule has 1 N–H and O–H groups in total. The van der Waals surface area contributed by atoms with Crippen LogP contribution in [0.1, 0.15) is 39.5 Å². The van der Waals surface area contributed by atoms with Crippen LogP contribution in [-0.4, -0.2) is 26.3 Å². The van der Waals surface area contributed by atoms with Gasteiger partial charge in [0.1, 0.15) is 0 Å². The summed E-state index contributed by atoms with van der Waals surface area (Å²) in [6.45, 7) is 6.81. The van der Waals surface area contributed by atoms with E-state index in [-0.39, 0.29) is 0 Å². The fourth-order valence-electron chi connectivity index (χ4n) is 2.31. The molecule has 0 heterocycles. The summed E-state index contributed by atoms with van der Waals surface area (Å²) in [7, 11) is 1.77. The van der Waals surface area contributed by atoms with Gasteiger partial charge in [-0.2, -0.15) is 0 Å². The molecule has 1 rings (SSSR count). The van der Waals surface area contributed by atoms with Gasteiger partial charge in [0.25, 0.3) is 0 Å². The maximum atomic E-state index is 5.02. The van der Waals surface area contributed by atoms with E-state index in [0.29, 0.717) is 0 Å². The number of nitrogens with one attached hydrogen (secondary N) is 1. The fourth-order valence-corrected chi connectivity index (χ4v) is 2.31. The van der Waals surface area contributed by atoms with E-state index in [1.807, 2.05) is 0 Å². The standard InChI is InChI=1S/C12H25NO/c1-10-6-7-12(11(10)2)13-8-4-5-9-14-3/h10-13H,4-9H2,1-3H3. The molecule has 84 valence electrons. The first-order chi connectivity index (χ1) is 6.75. The normalized spacial score (nSPS) is 32.4. The lowest BCUT2D eigenvalue weighted by atomic mass is 9.98. The van der Waals surface area contributed by atoms with Crippen LogP contribution in [0, 0.1) is 11.8 Å². The quantitative estimate of drug-likeness (QED) is 0.663. The van der Waals surface area contributed by atoms with Crippen LogP contribution >= 0.6 is 0 Å². The summed E-state index contributed by atoms with van der Waals surface area (Å²) in [5.74, 6) is 1.77. The van der Waals surface area contributed by atoms with Gasteiger partial charge in [-0.3, -0.25) is 0 Å². The number of unbranched alkanes of at least 4 members (excludes halogenated alkanes) is 1. The molecule has 3 unspecified atom stereocenters. The lowest BCUT2D eigenvalue weighted by Gasteiger charge is -2.19. The molecular weight excluding hydrogens is 174 g/mol. The Bertz CT molecular complexity index is 149. The van der Waals surface area contributed by atoms with E-state index >= 15 is 0 Å². The van der Waals surface area contributed by atoms with Crippen molar-refractivity contribution >= 4 is 0 Å². The van der Waals surface area contributed by atoms with Gasteiger partial charge < -0.3 is 10.1 Å². The molecule has 0 spiro atoms. The maximum absolute atomic E-state index is 5.02. The van der Waals surface area contributed by atoms with Crippen molar-refractivity contribution in [2.24, 2.45) is 11.8 Å². The maximum Gasteiger partial charge on any atom is 0.0462 e. The van der Waals surface area contributed by atoms with Crippen molar-refractivity contribution in [1.29, 1.82) is 0 Å². The van der Waals surface area contributed by atoms with Crippen molar-refractivity contribution in [2.75, 3.05) is 20.3 Å². The minimum absolute atomic E-state index is 0.771. The smallest absolute Gasteiger partial charge is 0.0462 e. The summed E-state index contributed by atoms with van der Waals surface area (Å²) in [6, 6.07) is 0.771. The highest BCUT2D eigenvalue weighted by Crippen LogP contribution is 2.30. The largest absolute Gasteiger partial charge is 0.385 e. The number of hydrogen-bond acceptors (Lipinski definition) is 2. The molecule has 0 aromatic heterocycles. The molecule has 0 amide bonds. The Morgan fingerprint density at radius 2 is 2.00 bits per heavy atom. The van der Waals surface area contributed by atoms with Crippen molar-refractivity contribution in [1.82, 2.24) is 5.32 Å². The third-order valence-electron chi connectivity index (χ3n) is 3.65. The topological polar surface area (TPSA) is 21.3 Å². The Labute approximate surface area is 88.4 Å². The average molecular weight is 199 g/mol. The van der Waals surface area contributed by atoms with Crippen LogP contribution in [0.4, 0.5) is 0 Å². The zero-order valence-electron chi connectivity index (χ0n) is 9.88. The second kappa shape index (κ2) is 6.41. The van der Waals surface area contributed by atoms with Crippen LogP contribution in [0.5, 0.6) is 0 Å². The van der Waals surface area contributed by atoms with Crippen LogP contribution in [0.2, 0.25) is 0 Å². The predicted octanol–water partition coefficient (Wildman–Crippen LogP) is 2.44.